The molecule has 3 aromatic carbocycles. The van der Waals surface area contributed by atoms with E-state index >= 15 is 0 Å². The zero-order valence-electron chi connectivity index (χ0n) is 16.7. The number of rotatable bonds is 2. The van der Waals surface area contributed by atoms with Crippen molar-refractivity contribution in [1.29, 1.82) is 0 Å². The molecule has 0 bridgehead atoms. The van der Waals surface area contributed by atoms with Crippen LogP contribution in [0.25, 0.3) is 11.1 Å². The van der Waals surface area contributed by atoms with Crippen LogP contribution in [0.15, 0.2) is 60.7 Å². The first kappa shape index (κ1) is 18.3. The maximum Gasteiger partial charge on any atom is 0.254 e. The highest BCUT2D eigenvalue weighted by molar-refractivity contribution is 5.96. The van der Waals surface area contributed by atoms with Crippen molar-refractivity contribution in [3.05, 3.63) is 88.5 Å². The average Bonchev–Trinajstić information content (AvgIpc) is 2.94. The second-order valence-corrected chi connectivity index (χ2v) is 7.44. The number of ether oxygens (including phenoxy) is 1. The summed E-state index contributed by atoms with van der Waals surface area (Å²) in [6.07, 6.45) is 0. The average molecular weight is 371 g/mol. The van der Waals surface area contributed by atoms with Crippen LogP contribution in [0.3, 0.4) is 0 Å². The molecule has 0 fully saturated rings. The Morgan fingerprint density at radius 2 is 1.68 bits per heavy atom. The number of amides is 1. The number of carbonyl (C=O) groups is 1. The van der Waals surface area contributed by atoms with E-state index in [4.69, 9.17) is 4.74 Å². The number of hydrogen-bond acceptors (Lipinski definition) is 2. The molecule has 28 heavy (non-hydrogen) atoms. The molecule has 0 atom stereocenters. The molecular weight excluding hydrogens is 346 g/mol. The van der Waals surface area contributed by atoms with Gasteiger partial charge in [0.2, 0.25) is 0 Å². The third-order valence-electron chi connectivity index (χ3n) is 5.72. The summed E-state index contributed by atoms with van der Waals surface area (Å²) in [5, 5.41) is 0. The highest BCUT2D eigenvalue weighted by atomic mass is 16.5. The van der Waals surface area contributed by atoms with Gasteiger partial charge in [0.25, 0.3) is 5.91 Å². The van der Waals surface area contributed by atoms with Gasteiger partial charge in [0.05, 0.1) is 6.54 Å². The Morgan fingerprint density at radius 1 is 0.893 bits per heavy atom. The van der Waals surface area contributed by atoms with E-state index in [9.17, 15) is 4.79 Å². The normalized spacial score (nSPS) is 13.5. The topological polar surface area (TPSA) is 29.5 Å². The lowest BCUT2D eigenvalue weighted by molar-refractivity contribution is 0.0732. The summed E-state index contributed by atoms with van der Waals surface area (Å²) in [5.74, 6) is 0.939. The van der Waals surface area contributed by atoms with Gasteiger partial charge in [-0.25, -0.2) is 0 Å². The maximum absolute atomic E-state index is 13.3. The molecule has 1 amide bonds. The van der Waals surface area contributed by atoms with Crippen molar-refractivity contribution in [2.75, 3.05) is 13.2 Å². The first-order valence-corrected chi connectivity index (χ1v) is 9.72. The number of fused-ring (bicyclic) bond motifs is 1. The Labute approximate surface area is 166 Å². The standard InChI is InChI=1S/C25H25NO2/c1-17-9-11-23(19(3)18(17)2)25(27)26-13-14-28-24-12-10-21(15-22(24)16-26)20-7-5-4-6-8-20/h4-12,15H,13-14,16H2,1-3H3. The summed E-state index contributed by atoms with van der Waals surface area (Å²) in [6, 6.07) is 20.5. The van der Waals surface area contributed by atoms with E-state index < -0.39 is 0 Å². The van der Waals surface area contributed by atoms with Crippen LogP contribution >= 0.6 is 0 Å². The summed E-state index contributed by atoms with van der Waals surface area (Å²) in [4.78, 5) is 15.2. The van der Waals surface area contributed by atoms with Crippen molar-refractivity contribution in [3.63, 3.8) is 0 Å². The summed E-state index contributed by atoms with van der Waals surface area (Å²) in [5.41, 5.74) is 7.60. The minimum absolute atomic E-state index is 0.0714. The lowest BCUT2D eigenvalue weighted by Crippen LogP contribution is -2.33. The van der Waals surface area contributed by atoms with Crippen LogP contribution in [0.1, 0.15) is 32.6 Å². The molecule has 0 aliphatic carbocycles. The molecule has 1 aliphatic rings. The molecule has 3 aromatic rings. The highest BCUT2D eigenvalue weighted by Gasteiger charge is 2.23. The van der Waals surface area contributed by atoms with E-state index in [0.29, 0.717) is 19.7 Å². The number of carbonyl (C=O) groups excluding carboxylic acids is 1. The van der Waals surface area contributed by atoms with Crippen molar-refractivity contribution in [2.45, 2.75) is 27.3 Å². The molecule has 3 heteroatoms. The van der Waals surface area contributed by atoms with E-state index in [0.717, 1.165) is 33.6 Å². The maximum atomic E-state index is 13.3. The first-order valence-electron chi connectivity index (χ1n) is 9.72. The molecule has 0 aromatic heterocycles. The number of nitrogens with zero attached hydrogens (tertiary/aromatic N) is 1. The Hall–Kier alpha value is -3.07. The third kappa shape index (κ3) is 3.40. The molecule has 0 unspecified atom stereocenters. The Bertz CT molecular complexity index is 1020. The fraction of sp³-hybridized carbons (Fsp3) is 0.240. The van der Waals surface area contributed by atoms with Crippen LogP contribution in [-0.2, 0) is 6.54 Å². The molecule has 4 rings (SSSR count). The molecule has 0 spiro atoms. The second kappa shape index (κ2) is 7.51. The number of benzene rings is 3. The fourth-order valence-corrected chi connectivity index (χ4v) is 3.74. The summed E-state index contributed by atoms with van der Waals surface area (Å²) in [6.45, 7) is 7.84. The zero-order chi connectivity index (χ0) is 19.7. The summed E-state index contributed by atoms with van der Waals surface area (Å²) < 4.78 is 5.93. The monoisotopic (exact) mass is 371 g/mol. The number of hydrogen-bond donors (Lipinski definition) is 0. The van der Waals surface area contributed by atoms with Gasteiger partial charge >= 0.3 is 0 Å². The molecule has 142 valence electrons. The van der Waals surface area contributed by atoms with Crippen molar-refractivity contribution in [2.24, 2.45) is 0 Å². The smallest absolute Gasteiger partial charge is 0.254 e. The second-order valence-electron chi connectivity index (χ2n) is 7.44. The Morgan fingerprint density at radius 3 is 2.46 bits per heavy atom. The predicted molar refractivity (Wildman–Crippen MR) is 113 cm³/mol. The van der Waals surface area contributed by atoms with Crippen LogP contribution in [0.4, 0.5) is 0 Å². The van der Waals surface area contributed by atoms with Crippen LogP contribution in [0, 0.1) is 20.8 Å². The third-order valence-corrected chi connectivity index (χ3v) is 5.72. The van der Waals surface area contributed by atoms with Gasteiger partial charge in [-0.3, -0.25) is 4.79 Å². The first-order chi connectivity index (χ1) is 13.5. The van der Waals surface area contributed by atoms with Gasteiger partial charge in [-0.05, 0) is 66.8 Å². The molecular formula is C25H25NO2. The molecule has 1 heterocycles. The van der Waals surface area contributed by atoms with Crippen LogP contribution in [-0.4, -0.2) is 24.0 Å². The van der Waals surface area contributed by atoms with Crippen molar-refractivity contribution in [1.82, 2.24) is 4.90 Å². The van der Waals surface area contributed by atoms with Crippen LogP contribution < -0.4 is 4.74 Å². The van der Waals surface area contributed by atoms with Crippen molar-refractivity contribution < 1.29 is 9.53 Å². The van der Waals surface area contributed by atoms with Crippen LogP contribution in [0.5, 0.6) is 5.75 Å². The van der Waals surface area contributed by atoms with Gasteiger partial charge in [-0.2, -0.15) is 0 Å². The van der Waals surface area contributed by atoms with E-state index in [1.54, 1.807) is 0 Å². The predicted octanol–water partition coefficient (Wildman–Crippen LogP) is 5.31. The van der Waals surface area contributed by atoms with Crippen molar-refractivity contribution >= 4 is 5.91 Å². The van der Waals surface area contributed by atoms with E-state index in [-0.39, 0.29) is 5.91 Å². The van der Waals surface area contributed by atoms with Gasteiger partial charge in [-0.15, -0.1) is 0 Å². The van der Waals surface area contributed by atoms with E-state index in [1.165, 1.54) is 11.1 Å². The molecule has 3 nitrogen and oxygen atoms in total. The fourth-order valence-electron chi connectivity index (χ4n) is 3.74. The zero-order valence-corrected chi connectivity index (χ0v) is 16.7. The lowest BCUT2D eigenvalue weighted by atomic mass is 9.97. The molecule has 0 saturated heterocycles. The van der Waals surface area contributed by atoms with Crippen LogP contribution in [0.2, 0.25) is 0 Å². The molecule has 0 N–H and O–H groups in total. The Balaban J connectivity index is 1.66. The molecule has 1 aliphatic heterocycles. The minimum atomic E-state index is 0.0714. The molecule has 0 radical (unpaired) electrons. The van der Waals surface area contributed by atoms with E-state index in [2.05, 4.69) is 38.1 Å². The highest BCUT2D eigenvalue weighted by Crippen LogP contribution is 2.30. The quantitative estimate of drug-likeness (QED) is 0.611. The SMILES string of the molecule is Cc1ccc(C(=O)N2CCOc3ccc(-c4ccccc4)cc3C2)c(C)c1C. The summed E-state index contributed by atoms with van der Waals surface area (Å²) >= 11 is 0. The van der Waals surface area contributed by atoms with Gasteiger partial charge in [-0.1, -0.05) is 42.5 Å². The van der Waals surface area contributed by atoms with Gasteiger partial charge in [0.1, 0.15) is 12.4 Å². The minimum Gasteiger partial charge on any atom is -0.491 e. The van der Waals surface area contributed by atoms with Gasteiger partial charge < -0.3 is 9.64 Å². The largest absolute Gasteiger partial charge is 0.491 e. The van der Waals surface area contributed by atoms with E-state index in [1.807, 2.05) is 48.2 Å². The van der Waals surface area contributed by atoms with Gasteiger partial charge in [0, 0.05) is 17.7 Å². The Kier molecular flexibility index (Phi) is 4.91. The lowest BCUT2D eigenvalue weighted by Gasteiger charge is -2.22. The van der Waals surface area contributed by atoms with Crippen molar-refractivity contribution in [3.8, 4) is 16.9 Å². The molecule has 0 saturated carbocycles. The summed E-state index contributed by atoms with van der Waals surface area (Å²) in [7, 11) is 0. The number of aryl methyl sites for hydroxylation is 1. The van der Waals surface area contributed by atoms with Gasteiger partial charge in [0.15, 0.2) is 0 Å².